The number of benzene rings is 1. The number of carbonyl (C=O) groups is 1. The molecule has 22 heavy (non-hydrogen) atoms. The Balaban J connectivity index is 2.08. The average molecular weight is 304 g/mol. The predicted molar refractivity (Wildman–Crippen MR) is 82.1 cm³/mol. The highest BCUT2D eigenvalue weighted by Crippen LogP contribution is 2.03. The van der Waals surface area contributed by atoms with E-state index in [9.17, 15) is 9.59 Å². The fourth-order valence-electron chi connectivity index (χ4n) is 2.01. The van der Waals surface area contributed by atoms with Crippen LogP contribution in [0.3, 0.4) is 0 Å². The maximum Gasteiger partial charge on any atom is 0.365 e. The molecule has 2 aromatic rings. The second-order valence-electron chi connectivity index (χ2n) is 4.95. The molecule has 0 bridgehead atoms. The van der Waals surface area contributed by atoms with Gasteiger partial charge in [-0.05, 0) is 26.3 Å². The molecule has 7 nitrogen and oxygen atoms in total. The first kappa shape index (κ1) is 15.8. The van der Waals surface area contributed by atoms with Crippen molar-refractivity contribution in [2.75, 3.05) is 12.0 Å². The van der Waals surface area contributed by atoms with Gasteiger partial charge in [-0.2, -0.15) is 9.77 Å². The molecule has 0 fully saturated rings. The number of aryl methyl sites for hydroxylation is 2. The molecule has 0 radical (unpaired) electrons. The first-order valence-electron chi connectivity index (χ1n) is 7.12. The fraction of sp³-hybridized carbons (Fsp3) is 0.400. The highest BCUT2D eigenvalue weighted by molar-refractivity contribution is 5.68. The first-order chi connectivity index (χ1) is 10.5. The van der Waals surface area contributed by atoms with Crippen LogP contribution in [0, 0.1) is 13.8 Å². The first-order valence-corrected chi connectivity index (χ1v) is 7.12. The van der Waals surface area contributed by atoms with Crippen LogP contribution in [-0.2, 0) is 22.6 Å². The fourth-order valence-corrected chi connectivity index (χ4v) is 2.01. The van der Waals surface area contributed by atoms with E-state index in [1.165, 1.54) is 10.2 Å². The van der Waals surface area contributed by atoms with Gasteiger partial charge in [0.25, 0.3) is 0 Å². The summed E-state index contributed by atoms with van der Waals surface area (Å²) in [5.41, 5.74) is 4.85. The van der Waals surface area contributed by atoms with Crippen LogP contribution in [0.2, 0.25) is 0 Å². The molecule has 118 valence electrons. The zero-order valence-electron chi connectivity index (χ0n) is 13.0. The van der Waals surface area contributed by atoms with Gasteiger partial charge in [0.2, 0.25) is 0 Å². The monoisotopic (exact) mass is 304 g/mol. The van der Waals surface area contributed by atoms with Crippen molar-refractivity contribution in [2.24, 2.45) is 0 Å². The van der Waals surface area contributed by atoms with Crippen molar-refractivity contribution < 1.29 is 9.53 Å². The largest absolute Gasteiger partial charge is 0.465 e. The molecule has 0 saturated carbocycles. The molecule has 1 aromatic carbocycles. The van der Waals surface area contributed by atoms with Gasteiger partial charge in [0, 0.05) is 0 Å². The van der Waals surface area contributed by atoms with E-state index >= 15 is 0 Å². The molecular weight excluding hydrogens is 284 g/mol. The number of carbonyl (C=O) groups excluding carboxylic acids is 1. The van der Waals surface area contributed by atoms with Crippen LogP contribution in [0.25, 0.3) is 0 Å². The summed E-state index contributed by atoms with van der Waals surface area (Å²) in [6.07, 6.45) is 0. The summed E-state index contributed by atoms with van der Waals surface area (Å²) >= 11 is 0. The minimum atomic E-state index is -0.479. The van der Waals surface area contributed by atoms with E-state index in [2.05, 4.69) is 10.5 Å². The lowest BCUT2D eigenvalue weighted by atomic mass is 10.1. The van der Waals surface area contributed by atoms with Gasteiger partial charge < -0.3 is 10.2 Å². The molecule has 0 aliphatic carbocycles. The molecule has 1 N–H and O–H groups in total. The average Bonchev–Trinajstić information content (AvgIpc) is 2.73. The van der Waals surface area contributed by atoms with Crippen molar-refractivity contribution >= 4 is 5.97 Å². The minimum absolute atomic E-state index is 0.188. The van der Waals surface area contributed by atoms with E-state index in [0.717, 1.165) is 10.2 Å². The molecule has 7 heteroatoms. The number of nitrogens with one attached hydrogen (secondary N) is 1. The molecule has 0 amide bonds. The van der Waals surface area contributed by atoms with Crippen LogP contribution in [0.5, 0.6) is 0 Å². The van der Waals surface area contributed by atoms with E-state index in [1.54, 1.807) is 13.8 Å². The van der Waals surface area contributed by atoms with Crippen LogP contribution < -0.4 is 11.1 Å². The zero-order chi connectivity index (χ0) is 16.1. The number of hydrogen-bond acceptors (Lipinski definition) is 5. The molecular formula is C15H20N4O3. The standard InChI is InChI=1S/C15H20N4O3/c1-4-22-14(20)10-18-15(21)19(12(3)17-18)16-9-13-7-5-11(2)6-8-13/h5-8,16H,4,9-10H2,1-3H3. The van der Waals surface area contributed by atoms with Gasteiger partial charge in [0.1, 0.15) is 12.4 Å². The highest BCUT2D eigenvalue weighted by Gasteiger charge is 2.13. The summed E-state index contributed by atoms with van der Waals surface area (Å²) in [7, 11) is 0. The maximum atomic E-state index is 12.2. The number of aromatic nitrogens is 3. The van der Waals surface area contributed by atoms with Crippen LogP contribution in [0.15, 0.2) is 29.1 Å². The van der Waals surface area contributed by atoms with Crippen LogP contribution in [-0.4, -0.2) is 27.0 Å². The van der Waals surface area contributed by atoms with Crippen molar-refractivity contribution in [3.05, 3.63) is 51.7 Å². The number of ether oxygens (including phenoxy) is 1. The minimum Gasteiger partial charge on any atom is -0.465 e. The molecule has 1 heterocycles. The third-order valence-electron chi connectivity index (χ3n) is 3.15. The van der Waals surface area contributed by atoms with Crippen molar-refractivity contribution in [3.63, 3.8) is 0 Å². The molecule has 2 rings (SSSR count). The molecule has 0 unspecified atom stereocenters. The lowest BCUT2D eigenvalue weighted by molar-refractivity contribution is -0.144. The van der Waals surface area contributed by atoms with Crippen molar-refractivity contribution in [3.8, 4) is 0 Å². The molecule has 0 aliphatic rings. The molecule has 1 aromatic heterocycles. The number of rotatable bonds is 6. The van der Waals surface area contributed by atoms with Gasteiger partial charge in [-0.3, -0.25) is 4.79 Å². The predicted octanol–water partition coefficient (Wildman–Crippen LogP) is 0.968. The highest BCUT2D eigenvalue weighted by atomic mass is 16.5. The third-order valence-corrected chi connectivity index (χ3v) is 3.15. The van der Waals surface area contributed by atoms with E-state index in [-0.39, 0.29) is 13.2 Å². The van der Waals surface area contributed by atoms with Gasteiger partial charge in [-0.1, -0.05) is 29.8 Å². The van der Waals surface area contributed by atoms with Crippen LogP contribution in [0.4, 0.5) is 0 Å². The topological polar surface area (TPSA) is 78.2 Å². The second-order valence-corrected chi connectivity index (χ2v) is 4.95. The second kappa shape index (κ2) is 6.93. The van der Waals surface area contributed by atoms with Gasteiger partial charge in [0.05, 0.1) is 13.2 Å². The summed E-state index contributed by atoms with van der Waals surface area (Å²) in [5.74, 6) is 0.00851. The molecule has 0 spiro atoms. The van der Waals surface area contributed by atoms with Gasteiger partial charge in [-0.15, -0.1) is 0 Å². The maximum absolute atomic E-state index is 12.2. The van der Waals surface area contributed by atoms with Gasteiger partial charge >= 0.3 is 11.7 Å². The van der Waals surface area contributed by atoms with Gasteiger partial charge in [0.15, 0.2) is 0 Å². The Morgan fingerprint density at radius 2 is 1.95 bits per heavy atom. The Hall–Kier alpha value is -2.57. The quantitative estimate of drug-likeness (QED) is 0.805. The summed E-state index contributed by atoms with van der Waals surface area (Å²) in [4.78, 5) is 23.6. The van der Waals surface area contributed by atoms with Crippen LogP contribution in [0.1, 0.15) is 23.9 Å². The number of esters is 1. The smallest absolute Gasteiger partial charge is 0.365 e. The van der Waals surface area contributed by atoms with E-state index in [0.29, 0.717) is 12.4 Å². The Bertz CT molecular complexity index is 701. The lowest BCUT2D eigenvalue weighted by Gasteiger charge is -2.07. The Morgan fingerprint density at radius 1 is 1.27 bits per heavy atom. The molecule has 0 aliphatic heterocycles. The van der Waals surface area contributed by atoms with Crippen molar-refractivity contribution in [2.45, 2.75) is 33.9 Å². The Labute approximate surface area is 128 Å². The van der Waals surface area contributed by atoms with Crippen LogP contribution >= 0.6 is 0 Å². The van der Waals surface area contributed by atoms with Crippen molar-refractivity contribution in [1.29, 1.82) is 0 Å². The van der Waals surface area contributed by atoms with Crippen molar-refractivity contribution in [1.82, 2.24) is 14.5 Å². The third kappa shape index (κ3) is 3.75. The lowest BCUT2D eigenvalue weighted by Crippen LogP contribution is -2.33. The zero-order valence-corrected chi connectivity index (χ0v) is 13.0. The normalized spacial score (nSPS) is 10.5. The Kier molecular flexibility index (Phi) is 4.98. The van der Waals surface area contributed by atoms with E-state index in [1.807, 2.05) is 31.2 Å². The summed E-state index contributed by atoms with van der Waals surface area (Å²) < 4.78 is 7.25. The number of hydrogen-bond donors (Lipinski definition) is 1. The number of nitrogens with zero attached hydrogens (tertiary/aromatic N) is 3. The van der Waals surface area contributed by atoms with Gasteiger partial charge in [-0.25, -0.2) is 9.48 Å². The summed E-state index contributed by atoms with van der Waals surface area (Å²) in [5, 5.41) is 4.06. The molecule has 0 saturated heterocycles. The van der Waals surface area contributed by atoms with E-state index < -0.39 is 11.7 Å². The van der Waals surface area contributed by atoms with E-state index in [4.69, 9.17) is 4.74 Å². The molecule has 0 atom stereocenters. The summed E-state index contributed by atoms with van der Waals surface area (Å²) in [6, 6.07) is 8.01. The summed E-state index contributed by atoms with van der Waals surface area (Å²) in [6.45, 7) is 6.02. The SMILES string of the molecule is CCOC(=O)Cn1nc(C)n(NCc2ccc(C)cc2)c1=O. The Morgan fingerprint density at radius 3 is 2.59 bits per heavy atom.